The van der Waals surface area contributed by atoms with Crippen LogP contribution in [0.5, 0.6) is 0 Å². The third-order valence-electron chi connectivity index (χ3n) is 6.00. The molecule has 2 aromatic rings. The van der Waals surface area contributed by atoms with Crippen molar-refractivity contribution in [3.63, 3.8) is 0 Å². The SMILES string of the molecule is CS(=O)(=O)Nc1cccc(N2CCN(CCCCNC(=O)C3=Cc4ccccc4SC3)CC2)c1. The van der Waals surface area contributed by atoms with E-state index in [-0.39, 0.29) is 5.91 Å². The highest BCUT2D eigenvalue weighted by Gasteiger charge is 2.18. The Hall–Kier alpha value is -2.49. The Morgan fingerprint density at radius 3 is 2.62 bits per heavy atom. The molecule has 182 valence electrons. The van der Waals surface area contributed by atoms with Crippen molar-refractivity contribution in [2.45, 2.75) is 17.7 Å². The summed E-state index contributed by atoms with van der Waals surface area (Å²) in [6, 6.07) is 15.7. The predicted molar refractivity (Wildman–Crippen MR) is 141 cm³/mol. The van der Waals surface area contributed by atoms with E-state index >= 15 is 0 Å². The number of carbonyl (C=O) groups excluding carboxylic acids is 1. The zero-order chi connectivity index (χ0) is 24.0. The van der Waals surface area contributed by atoms with Crippen LogP contribution < -0.4 is 14.9 Å². The summed E-state index contributed by atoms with van der Waals surface area (Å²) in [5, 5.41) is 3.07. The molecule has 1 saturated heterocycles. The number of anilines is 2. The lowest BCUT2D eigenvalue weighted by molar-refractivity contribution is -0.117. The molecule has 0 aliphatic carbocycles. The number of rotatable bonds is 9. The summed E-state index contributed by atoms with van der Waals surface area (Å²) in [7, 11) is -3.28. The smallest absolute Gasteiger partial charge is 0.248 e. The van der Waals surface area contributed by atoms with Gasteiger partial charge in [-0.05, 0) is 55.3 Å². The van der Waals surface area contributed by atoms with Gasteiger partial charge in [-0.1, -0.05) is 24.3 Å². The number of hydrogen-bond acceptors (Lipinski definition) is 6. The monoisotopic (exact) mass is 500 g/mol. The van der Waals surface area contributed by atoms with Gasteiger partial charge < -0.3 is 10.2 Å². The first kappa shape index (κ1) is 24.6. The first-order valence-electron chi connectivity index (χ1n) is 11.6. The standard InChI is InChI=1S/C25H32N4O3S2/c1-34(31,32)27-22-8-6-9-23(18-22)29-15-13-28(14-16-29)12-5-4-11-26-25(30)21-17-20-7-2-3-10-24(20)33-19-21/h2-3,6-10,17-18,27H,4-5,11-16,19H2,1H3,(H,26,30). The number of hydrogen-bond donors (Lipinski definition) is 2. The van der Waals surface area contributed by atoms with Crippen molar-refractivity contribution in [2.24, 2.45) is 0 Å². The number of thioether (sulfide) groups is 1. The number of sulfonamides is 1. The maximum absolute atomic E-state index is 12.5. The van der Waals surface area contributed by atoms with Crippen molar-refractivity contribution < 1.29 is 13.2 Å². The van der Waals surface area contributed by atoms with Gasteiger partial charge >= 0.3 is 0 Å². The van der Waals surface area contributed by atoms with Crippen LogP contribution in [0.3, 0.4) is 0 Å². The topological polar surface area (TPSA) is 81.8 Å². The summed E-state index contributed by atoms with van der Waals surface area (Å²) >= 11 is 1.72. The lowest BCUT2D eigenvalue weighted by Gasteiger charge is -2.36. The van der Waals surface area contributed by atoms with Gasteiger partial charge in [0.05, 0.1) is 11.9 Å². The maximum Gasteiger partial charge on any atom is 0.248 e. The molecule has 0 unspecified atom stereocenters. The molecule has 2 heterocycles. The zero-order valence-corrected chi connectivity index (χ0v) is 21.1. The Labute approximate surface area is 206 Å². The van der Waals surface area contributed by atoms with E-state index in [4.69, 9.17) is 0 Å². The maximum atomic E-state index is 12.5. The van der Waals surface area contributed by atoms with Crippen molar-refractivity contribution in [1.29, 1.82) is 0 Å². The zero-order valence-electron chi connectivity index (χ0n) is 19.5. The molecular formula is C25H32N4O3S2. The Bertz CT molecular complexity index is 1140. The third-order valence-corrected chi connectivity index (χ3v) is 7.74. The van der Waals surface area contributed by atoms with Crippen LogP contribution in [-0.4, -0.2) is 70.5 Å². The first-order valence-corrected chi connectivity index (χ1v) is 14.5. The van der Waals surface area contributed by atoms with Crippen molar-refractivity contribution in [1.82, 2.24) is 10.2 Å². The van der Waals surface area contributed by atoms with Crippen LogP contribution in [0.4, 0.5) is 11.4 Å². The van der Waals surface area contributed by atoms with E-state index in [2.05, 4.69) is 32.0 Å². The molecule has 9 heteroatoms. The first-order chi connectivity index (χ1) is 16.4. The van der Waals surface area contributed by atoms with E-state index in [1.54, 1.807) is 17.8 Å². The molecule has 2 aromatic carbocycles. The average Bonchev–Trinajstić information content (AvgIpc) is 2.83. The van der Waals surface area contributed by atoms with Crippen LogP contribution in [0.15, 0.2) is 59.0 Å². The quantitative estimate of drug-likeness (QED) is 0.515. The highest BCUT2D eigenvalue weighted by atomic mass is 32.2. The number of carbonyl (C=O) groups is 1. The molecule has 0 saturated carbocycles. The van der Waals surface area contributed by atoms with Crippen molar-refractivity contribution in [2.75, 3.05) is 60.9 Å². The molecule has 34 heavy (non-hydrogen) atoms. The summed E-state index contributed by atoms with van der Waals surface area (Å²) in [6.07, 6.45) is 5.18. The summed E-state index contributed by atoms with van der Waals surface area (Å²) in [5.74, 6) is 0.767. The van der Waals surface area contributed by atoms with E-state index in [9.17, 15) is 13.2 Å². The van der Waals surface area contributed by atoms with Crippen LogP contribution in [0.1, 0.15) is 18.4 Å². The molecule has 2 aliphatic rings. The van der Waals surface area contributed by atoms with E-state index in [0.29, 0.717) is 12.2 Å². The lowest BCUT2D eigenvalue weighted by atomic mass is 10.1. The molecule has 7 nitrogen and oxygen atoms in total. The number of piperazine rings is 1. The van der Waals surface area contributed by atoms with Crippen LogP contribution in [-0.2, 0) is 14.8 Å². The van der Waals surface area contributed by atoms with E-state index in [0.717, 1.165) is 74.4 Å². The minimum absolute atomic E-state index is 0.0446. The normalized spacial score (nSPS) is 16.5. The Kier molecular flexibility index (Phi) is 8.18. The summed E-state index contributed by atoms with van der Waals surface area (Å²) in [5.41, 5.74) is 3.60. The van der Waals surface area contributed by atoms with Crippen molar-refractivity contribution in [3.8, 4) is 0 Å². The largest absolute Gasteiger partial charge is 0.369 e. The number of nitrogens with one attached hydrogen (secondary N) is 2. The van der Waals surface area contributed by atoms with Gasteiger partial charge in [0.1, 0.15) is 0 Å². The Morgan fingerprint density at radius 1 is 1.03 bits per heavy atom. The lowest BCUT2D eigenvalue weighted by Crippen LogP contribution is -2.46. The van der Waals surface area contributed by atoms with Gasteiger partial charge in [-0.25, -0.2) is 8.42 Å². The number of amides is 1. The minimum Gasteiger partial charge on any atom is -0.369 e. The van der Waals surface area contributed by atoms with Gasteiger partial charge in [-0.3, -0.25) is 14.4 Å². The van der Waals surface area contributed by atoms with Gasteiger partial charge in [-0.15, -0.1) is 11.8 Å². The van der Waals surface area contributed by atoms with Crippen molar-refractivity contribution >= 4 is 45.1 Å². The second-order valence-corrected chi connectivity index (χ2v) is 11.5. The Balaban J connectivity index is 1.14. The third kappa shape index (κ3) is 7.01. The number of benzene rings is 2. The molecule has 2 aliphatic heterocycles. The fourth-order valence-electron chi connectivity index (χ4n) is 4.23. The van der Waals surface area contributed by atoms with Crippen LogP contribution in [0.25, 0.3) is 6.08 Å². The molecule has 0 spiro atoms. The predicted octanol–water partition coefficient (Wildman–Crippen LogP) is 3.27. The van der Waals surface area contributed by atoms with Crippen LogP contribution in [0, 0.1) is 0 Å². The fourth-order valence-corrected chi connectivity index (χ4v) is 5.78. The van der Waals surface area contributed by atoms with E-state index in [1.165, 1.54) is 4.90 Å². The van der Waals surface area contributed by atoms with Crippen molar-refractivity contribution in [3.05, 3.63) is 59.7 Å². The minimum atomic E-state index is -3.28. The van der Waals surface area contributed by atoms with Crippen LogP contribution in [0.2, 0.25) is 0 Å². The summed E-state index contributed by atoms with van der Waals surface area (Å²) in [4.78, 5) is 18.5. The molecular weight excluding hydrogens is 468 g/mol. The van der Waals surface area contributed by atoms with Gasteiger partial charge in [0.2, 0.25) is 15.9 Å². The Morgan fingerprint density at radius 2 is 1.82 bits per heavy atom. The number of fused-ring (bicyclic) bond motifs is 1. The van der Waals surface area contributed by atoms with E-state index in [1.807, 2.05) is 36.4 Å². The molecule has 4 rings (SSSR count). The highest BCUT2D eigenvalue weighted by Crippen LogP contribution is 2.31. The molecule has 0 aromatic heterocycles. The van der Waals surface area contributed by atoms with Gasteiger partial charge in [0.15, 0.2) is 0 Å². The second kappa shape index (κ2) is 11.3. The molecule has 0 radical (unpaired) electrons. The van der Waals surface area contributed by atoms with Gasteiger partial charge in [-0.2, -0.15) is 0 Å². The molecule has 0 atom stereocenters. The van der Waals surface area contributed by atoms with Crippen LogP contribution >= 0.6 is 11.8 Å². The van der Waals surface area contributed by atoms with Gasteiger partial charge in [0.25, 0.3) is 0 Å². The average molecular weight is 501 g/mol. The molecule has 1 fully saturated rings. The van der Waals surface area contributed by atoms with E-state index < -0.39 is 10.0 Å². The second-order valence-electron chi connectivity index (χ2n) is 8.71. The van der Waals surface area contributed by atoms with Gasteiger partial charge in [0, 0.05) is 54.6 Å². The molecule has 0 bridgehead atoms. The number of nitrogens with zero attached hydrogens (tertiary/aromatic N) is 2. The molecule has 1 amide bonds. The molecule has 2 N–H and O–H groups in total. The summed E-state index contributed by atoms with van der Waals surface area (Å²) < 4.78 is 25.5. The fraction of sp³-hybridized carbons (Fsp3) is 0.400. The summed E-state index contributed by atoms with van der Waals surface area (Å²) in [6.45, 7) is 5.48. The highest BCUT2D eigenvalue weighted by molar-refractivity contribution is 7.99. The number of unbranched alkanes of at least 4 members (excludes halogenated alkanes) is 1.